The first-order valence-electron chi connectivity index (χ1n) is 7.97. The zero-order valence-corrected chi connectivity index (χ0v) is 14.9. The van der Waals surface area contributed by atoms with Gasteiger partial charge in [0.15, 0.2) is 0 Å². The summed E-state index contributed by atoms with van der Waals surface area (Å²) in [5.74, 6) is -0.231. The fraction of sp³-hybridized carbons (Fsp3) is 0.450. The minimum Gasteiger partial charge on any atom is -0.466 e. The van der Waals surface area contributed by atoms with E-state index in [1.54, 1.807) is 0 Å². The highest BCUT2D eigenvalue weighted by Crippen LogP contribution is 2.19. The van der Waals surface area contributed by atoms with Gasteiger partial charge < -0.3 is 4.74 Å². The molecule has 0 N–H and O–H groups in total. The molecule has 0 fully saturated rings. The Morgan fingerprint density at radius 3 is 2.36 bits per heavy atom. The zero-order chi connectivity index (χ0) is 17.0. The summed E-state index contributed by atoms with van der Waals surface area (Å²) in [4.78, 5) is 11.9. The molecule has 22 heavy (non-hydrogen) atoms. The van der Waals surface area contributed by atoms with Crippen LogP contribution in [0.15, 0.2) is 58.7 Å². The first-order chi connectivity index (χ1) is 10.5. The van der Waals surface area contributed by atoms with Crippen LogP contribution >= 0.6 is 0 Å². The molecule has 0 amide bonds. The molecule has 0 atom stereocenters. The van der Waals surface area contributed by atoms with Crippen LogP contribution in [-0.2, 0) is 9.53 Å². The van der Waals surface area contributed by atoms with E-state index in [0.29, 0.717) is 0 Å². The quantitative estimate of drug-likeness (QED) is 0.327. The number of esters is 1. The van der Waals surface area contributed by atoms with Crippen LogP contribution < -0.4 is 0 Å². The summed E-state index contributed by atoms with van der Waals surface area (Å²) >= 11 is 0. The summed E-state index contributed by atoms with van der Waals surface area (Å²) in [5, 5.41) is 0. The molecule has 0 aliphatic rings. The topological polar surface area (TPSA) is 26.3 Å². The van der Waals surface area contributed by atoms with Gasteiger partial charge in [-0.05, 0) is 50.3 Å². The highest BCUT2D eigenvalue weighted by atomic mass is 16.5. The number of carbonyl (C=O) groups excluding carboxylic acids is 1. The van der Waals surface area contributed by atoms with Crippen molar-refractivity contribution in [3.05, 3.63) is 58.7 Å². The van der Waals surface area contributed by atoms with Gasteiger partial charge in [0.05, 0.1) is 7.11 Å². The van der Waals surface area contributed by atoms with E-state index in [1.807, 2.05) is 19.9 Å². The highest BCUT2D eigenvalue weighted by molar-refractivity contribution is 5.89. The van der Waals surface area contributed by atoms with Gasteiger partial charge in [-0.2, -0.15) is 0 Å². The number of hydrogen-bond acceptors (Lipinski definition) is 2. The van der Waals surface area contributed by atoms with Crippen molar-refractivity contribution >= 4 is 5.97 Å². The molecular weight excluding hydrogens is 272 g/mol. The van der Waals surface area contributed by atoms with Gasteiger partial charge in [0.1, 0.15) is 0 Å². The van der Waals surface area contributed by atoms with Gasteiger partial charge in [-0.15, -0.1) is 0 Å². The van der Waals surface area contributed by atoms with Gasteiger partial charge in [-0.25, -0.2) is 4.79 Å². The first kappa shape index (κ1) is 20.2. The summed E-state index contributed by atoms with van der Waals surface area (Å²) in [7, 11) is 1.43. The average molecular weight is 302 g/mol. The second-order valence-corrected chi connectivity index (χ2v) is 5.19. The molecule has 0 rings (SSSR count). The van der Waals surface area contributed by atoms with Crippen LogP contribution in [0, 0.1) is 0 Å². The van der Waals surface area contributed by atoms with Crippen molar-refractivity contribution in [1.82, 2.24) is 0 Å². The van der Waals surface area contributed by atoms with E-state index in [-0.39, 0.29) is 5.97 Å². The third-order valence-electron chi connectivity index (χ3n) is 3.29. The fourth-order valence-electron chi connectivity index (χ4n) is 2.13. The Morgan fingerprint density at radius 2 is 1.86 bits per heavy atom. The van der Waals surface area contributed by atoms with Gasteiger partial charge >= 0.3 is 5.97 Å². The lowest BCUT2D eigenvalue weighted by Gasteiger charge is -2.09. The molecule has 0 radical (unpaired) electrons. The molecule has 0 aromatic rings. The van der Waals surface area contributed by atoms with E-state index in [9.17, 15) is 4.79 Å². The van der Waals surface area contributed by atoms with E-state index in [1.165, 1.54) is 7.11 Å². The van der Waals surface area contributed by atoms with Gasteiger partial charge in [0, 0.05) is 5.57 Å². The van der Waals surface area contributed by atoms with Crippen LogP contribution in [0.2, 0.25) is 0 Å². The number of rotatable bonds is 8. The number of allylic oxidation sites excluding steroid dienone is 9. The normalized spacial score (nSPS) is 14.6. The highest BCUT2D eigenvalue weighted by Gasteiger charge is 2.11. The van der Waals surface area contributed by atoms with Gasteiger partial charge in [0.2, 0.25) is 0 Å². The monoisotopic (exact) mass is 302 g/mol. The van der Waals surface area contributed by atoms with Crippen molar-refractivity contribution in [2.24, 2.45) is 0 Å². The van der Waals surface area contributed by atoms with Crippen molar-refractivity contribution < 1.29 is 9.53 Å². The Hall–Kier alpha value is -1.83. The molecule has 0 saturated carbocycles. The minimum atomic E-state index is -0.231. The van der Waals surface area contributed by atoms with Gasteiger partial charge in [-0.3, -0.25) is 0 Å². The van der Waals surface area contributed by atoms with Crippen LogP contribution in [0.3, 0.4) is 0 Å². The number of ether oxygens (including phenoxy) is 1. The molecule has 2 heteroatoms. The predicted molar refractivity (Wildman–Crippen MR) is 95.7 cm³/mol. The first-order valence-corrected chi connectivity index (χ1v) is 7.97. The minimum absolute atomic E-state index is 0.231. The van der Waals surface area contributed by atoms with E-state index in [0.717, 1.165) is 41.6 Å². The second kappa shape index (κ2) is 11.8. The molecule has 0 heterocycles. The Labute approximate surface area is 136 Å². The van der Waals surface area contributed by atoms with Crippen molar-refractivity contribution in [2.75, 3.05) is 7.11 Å². The van der Waals surface area contributed by atoms with E-state index < -0.39 is 0 Å². The summed E-state index contributed by atoms with van der Waals surface area (Å²) in [6.07, 6.45) is 15.1. The molecule has 0 aromatic carbocycles. The van der Waals surface area contributed by atoms with Gasteiger partial charge in [-0.1, -0.05) is 56.7 Å². The van der Waals surface area contributed by atoms with E-state index >= 15 is 0 Å². The molecule has 0 aliphatic carbocycles. The van der Waals surface area contributed by atoms with Crippen LogP contribution in [0.1, 0.15) is 53.9 Å². The Balaban J connectivity index is 5.63. The largest absolute Gasteiger partial charge is 0.466 e. The van der Waals surface area contributed by atoms with Crippen LogP contribution in [-0.4, -0.2) is 13.1 Å². The lowest BCUT2D eigenvalue weighted by atomic mass is 9.99. The molecule has 0 unspecified atom stereocenters. The van der Waals surface area contributed by atoms with Crippen LogP contribution in [0.4, 0.5) is 0 Å². The number of hydrogen-bond donors (Lipinski definition) is 0. The van der Waals surface area contributed by atoms with Crippen molar-refractivity contribution in [3.63, 3.8) is 0 Å². The SMILES string of the molecule is C\C=C/C(=C\C=C\CC)C(/C)=C/C(C)=C(\CCC)C(=O)OC. The third kappa shape index (κ3) is 7.26. The zero-order valence-electron chi connectivity index (χ0n) is 14.9. The molecule has 122 valence electrons. The van der Waals surface area contributed by atoms with Crippen LogP contribution in [0.5, 0.6) is 0 Å². The molecule has 0 bridgehead atoms. The molecular formula is C20H30O2. The number of carbonyl (C=O) groups is 1. The summed E-state index contributed by atoms with van der Waals surface area (Å²) in [6.45, 7) is 10.2. The third-order valence-corrected chi connectivity index (χ3v) is 3.29. The molecule has 0 aromatic heterocycles. The maximum Gasteiger partial charge on any atom is 0.333 e. The number of methoxy groups -OCH3 is 1. The summed E-state index contributed by atoms with van der Waals surface area (Å²) < 4.78 is 4.89. The Bertz CT molecular complexity index is 500. The molecule has 2 nitrogen and oxygen atoms in total. The van der Waals surface area contributed by atoms with Gasteiger partial charge in [0.25, 0.3) is 0 Å². The molecule has 0 saturated heterocycles. The Kier molecular flexibility index (Phi) is 10.8. The fourth-order valence-corrected chi connectivity index (χ4v) is 2.13. The second-order valence-electron chi connectivity index (χ2n) is 5.19. The van der Waals surface area contributed by atoms with E-state index in [4.69, 9.17) is 4.74 Å². The smallest absolute Gasteiger partial charge is 0.333 e. The lowest BCUT2D eigenvalue weighted by Crippen LogP contribution is -2.06. The maximum absolute atomic E-state index is 11.9. The molecule has 0 aliphatic heterocycles. The Morgan fingerprint density at radius 1 is 1.18 bits per heavy atom. The predicted octanol–water partition coefficient (Wildman–Crippen LogP) is 5.69. The van der Waals surface area contributed by atoms with Crippen molar-refractivity contribution in [1.29, 1.82) is 0 Å². The summed E-state index contributed by atoms with van der Waals surface area (Å²) in [5.41, 5.74) is 4.01. The van der Waals surface area contributed by atoms with Crippen LogP contribution in [0.25, 0.3) is 0 Å². The molecule has 0 spiro atoms. The average Bonchev–Trinajstić information content (AvgIpc) is 2.50. The van der Waals surface area contributed by atoms with Crippen molar-refractivity contribution in [2.45, 2.75) is 53.9 Å². The lowest BCUT2D eigenvalue weighted by molar-refractivity contribution is -0.136. The summed E-state index contributed by atoms with van der Waals surface area (Å²) in [6, 6.07) is 0. The van der Waals surface area contributed by atoms with Crippen molar-refractivity contribution in [3.8, 4) is 0 Å². The maximum atomic E-state index is 11.9. The van der Waals surface area contributed by atoms with E-state index in [2.05, 4.69) is 51.2 Å². The standard InChI is InChI=1S/C20H30O2/c1-7-10-11-14-18(12-8-2)16(4)15-17(5)19(13-9-3)20(21)22-6/h8,10-12,14-15H,7,9,13H2,1-6H3/b11-10+,12-8-,16-15+,18-14+,19-17+.